The zero-order chi connectivity index (χ0) is 29.9. The Kier molecular flexibility index (Phi) is 8.77. The molecule has 2 aromatic heterocycles. The first kappa shape index (κ1) is 29.5. The number of imidazole rings is 1. The number of thiophene rings is 1. The van der Waals surface area contributed by atoms with Gasteiger partial charge in [0.2, 0.25) is 17.7 Å². The van der Waals surface area contributed by atoms with Gasteiger partial charge in [0.15, 0.2) is 5.82 Å². The number of likely N-dealkylation sites (tertiary alicyclic amines) is 1. The number of carbonyl (C=O) groups excluding carboxylic acids is 3. The molecule has 42 heavy (non-hydrogen) atoms. The van der Waals surface area contributed by atoms with Crippen LogP contribution >= 0.6 is 11.3 Å². The van der Waals surface area contributed by atoms with Gasteiger partial charge in [-0.2, -0.15) is 0 Å². The topological polar surface area (TPSA) is 96.3 Å². The van der Waals surface area contributed by atoms with E-state index in [1.807, 2.05) is 85.6 Å². The van der Waals surface area contributed by atoms with E-state index in [-0.39, 0.29) is 17.7 Å². The maximum atomic E-state index is 13.8. The fourth-order valence-electron chi connectivity index (χ4n) is 5.23. The zero-order valence-corrected chi connectivity index (χ0v) is 25.5. The minimum atomic E-state index is -0.804. The molecule has 0 spiro atoms. The van der Waals surface area contributed by atoms with Gasteiger partial charge in [-0.3, -0.25) is 14.4 Å². The molecule has 0 radical (unpaired) electrons. The second kappa shape index (κ2) is 12.5. The third-order valence-corrected chi connectivity index (χ3v) is 8.90. The molecule has 1 aliphatic rings. The van der Waals surface area contributed by atoms with Crippen LogP contribution in [0.15, 0.2) is 72.5 Å². The molecule has 2 aromatic carbocycles. The normalized spacial score (nSPS) is 15.8. The fourth-order valence-corrected chi connectivity index (χ4v) is 6.21. The summed E-state index contributed by atoms with van der Waals surface area (Å²) in [5.41, 5.74) is 1.20. The first-order valence-electron chi connectivity index (χ1n) is 14.5. The van der Waals surface area contributed by atoms with E-state index in [2.05, 4.69) is 22.5 Å². The van der Waals surface area contributed by atoms with E-state index >= 15 is 0 Å². The van der Waals surface area contributed by atoms with E-state index in [0.29, 0.717) is 18.2 Å². The molecule has 3 heterocycles. The van der Waals surface area contributed by atoms with Crippen molar-refractivity contribution in [3.8, 4) is 0 Å². The Hall–Kier alpha value is -3.98. The van der Waals surface area contributed by atoms with Crippen molar-refractivity contribution < 1.29 is 14.4 Å². The number of fused-ring (bicyclic) bond motifs is 1. The van der Waals surface area contributed by atoms with Crippen molar-refractivity contribution in [2.45, 2.75) is 59.0 Å². The highest BCUT2D eigenvalue weighted by molar-refractivity contribution is 7.17. The summed E-state index contributed by atoms with van der Waals surface area (Å²) < 4.78 is 2.90. The number of hydrogen-bond donors (Lipinski definition) is 2. The molecule has 1 unspecified atom stereocenters. The molecule has 0 aliphatic carbocycles. The fraction of sp³-hybridized carbons (Fsp3) is 0.394. The SMILES string of the molecule is CC1CCN(C(=O)C(c2ccccc2)n2cnc(NC(=O)[C@@H](Cc3csc4ccccc34)NC(=O)C(C)(C)C)c2)CC1. The van der Waals surface area contributed by atoms with Crippen LogP contribution in [-0.2, 0) is 20.8 Å². The highest BCUT2D eigenvalue weighted by atomic mass is 32.1. The van der Waals surface area contributed by atoms with E-state index < -0.39 is 17.5 Å². The van der Waals surface area contributed by atoms with Gasteiger partial charge >= 0.3 is 0 Å². The molecule has 220 valence electrons. The summed E-state index contributed by atoms with van der Waals surface area (Å²) in [5, 5.41) is 8.98. The number of amides is 3. The molecule has 1 saturated heterocycles. The number of nitrogens with one attached hydrogen (secondary N) is 2. The van der Waals surface area contributed by atoms with Crippen LogP contribution < -0.4 is 10.6 Å². The van der Waals surface area contributed by atoms with Gasteiger partial charge in [-0.25, -0.2) is 4.98 Å². The quantitative estimate of drug-likeness (QED) is 0.279. The second-order valence-electron chi connectivity index (χ2n) is 12.3. The molecule has 2 N–H and O–H groups in total. The van der Waals surface area contributed by atoms with Crippen molar-refractivity contribution in [1.29, 1.82) is 0 Å². The Bertz CT molecular complexity index is 1550. The standard InChI is InChI=1S/C33H39N5O3S/c1-22-14-16-37(17-15-22)31(40)29(23-10-6-5-7-11-23)38-19-28(34-21-38)36-30(39)26(35-32(41)33(2,3)4)18-24-20-42-27-13-9-8-12-25(24)27/h5-13,19-22,26,29H,14-18H2,1-4H3,(H,35,41)(H,36,39)/t26-,29?/m1/s1. The number of hydrogen-bond acceptors (Lipinski definition) is 5. The summed E-state index contributed by atoms with van der Waals surface area (Å²) in [7, 11) is 0. The van der Waals surface area contributed by atoms with E-state index in [9.17, 15) is 14.4 Å². The van der Waals surface area contributed by atoms with E-state index in [1.54, 1.807) is 28.4 Å². The smallest absolute Gasteiger partial charge is 0.250 e. The van der Waals surface area contributed by atoms with Crippen molar-refractivity contribution in [1.82, 2.24) is 19.8 Å². The summed E-state index contributed by atoms with van der Waals surface area (Å²) in [4.78, 5) is 46.8. The summed E-state index contributed by atoms with van der Waals surface area (Å²) in [6.07, 6.45) is 5.60. The molecular weight excluding hydrogens is 546 g/mol. The van der Waals surface area contributed by atoms with Crippen molar-refractivity contribution in [2.75, 3.05) is 18.4 Å². The van der Waals surface area contributed by atoms with E-state index in [4.69, 9.17) is 0 Å². The molecule has 9 heteroatoms. The summed E-state index contributed by atoms with van der Waals surface area (Å²) in [6.45, 7) is 9.15. The van der Waals surface area contributed by atoms with Crippen molar-refractivity contribution in [3.05, 3.63) is 83.6 Å². The molecule has 1 fully saturated rings. The number of nitrogens with zero attached hydrogens (tertiary/aromatic N) is 3. The van der Waals surface area contributed by atoms with Gasteiger partial charge in [0.05, 0.1) is 6.33 Å². The number of rotatable bonds is 8. The molecule has 5 rings (SSSR count). The van der Waals surface area contributed by atoms with Crippen LogP contribution in [-0.4, -0.2) is 51.3 Å². The Morgan fingerprint density at radius 2 is 1.71 bits per heavy atom. The lowest BCUT2D eigenvalue weighted by atomic mass is 9.94. The van der Waals surface area contributed by atoms with Gasteiger partial charge in [0.25, 0.3) is 0 Å². The summed E-state index contributed by atoms with van der Waals surface area (Å²) in [6, 6.07) is 16.3. The number of carbonyl (C=O) groups is 3. The first-order valence-corrected chi connectivity index (χ1v) is 15.4. The number of aromatic nitrogens is 2. The van der Waals surface area contributed by atoms with E-state index in [0.717, 1.165) is 47.1 Å². The molecule has 2 atom stereocenters. The Labute approximate surface area is 251 Å². The minimum absolute atomic E-state index is 0.0167. The average molecular weight is 586 g/mol. The van der Waals surface area contributed by atoms with Crippen LogP contribution in [0.25, 0.3) is 10.1 Å². The van der Waals surface area contributed by atoms with Crippen LogP contribution in [0.3, 0.4) is 0 Å². The Morgan fingerprint density at radius 3 is 2.43 bits per heavy atom. The molecule has 0 bridgehead atoms. The highest BCUT2D eigenvalue weighted by Gasteiger charge is 2.31. The summed E-state index contributed by atoms with van der Waals surface area (Å²) >= 11 is 1.62. The van der Waals surface area contributed by atoms with Gasteiger partial charge < -0.3 is 20.1 Å². The maximum Gasteiger partial charge on any atom is 0.250 e. The van der Waals surface area contributed by atoms with Crippen LogP contribution in [0.5, 0.6) is 0 Å². The molecule has 3 amide bonds. The Balaban J connectivity index is 1.38. The molecular formula is C33H39N5O3S. The van der Waals surface area contributed by atoms with Crippen molar-refractivity contribution in [2.24, 2.45) is 11.3 Å². The highest BCUT2D eigenvalue weighted by Crippen LogP contribution is 2.28. The number of benzene rings is 2. The molecule has 1 aliphatic heterocycles. The zero-order valence-electron chi connectivity index (χ0n) is 24.7. The molecule has 4 aromatic rings. The van der Waals surface area contributed by atoms with Gasteiger partial charge in [0, 0.05) is 35.8 Å². The molecule has 8 nitrogen and oxygen atoms in total. The first-order chi connectivity index (χ1) is 20.1. The van der Waals surface area contributed by atoms with Gasteiger partial charge in [-0.05, 0) is 46.7 Å². The summed E-state index contributed by atoms with van der Waals surface area (Å²) in [5.74, 6) is 0.381. The minimum Gasteiger partial charge on any atom is -0.344 e. The molecule has 0 saturated carbocycles. The van der Waals surface area contributed by atoms with Gasteiger partial charge in [-0.15, -0.1) is 11.3 Å². The van der Waals surface area contributed by atoms with Crippen LogP contribution in [0.1, 0.15) is 57.7 Å². The second-order valence-corrected chi connectivity index (χ2v) is 13.2. The lowest BCUT2D eigenvalue weighted by Gasteiger charge is -2.33. The lowest BCUT2D eigenvalue weighted by Crippen LogP contribution is -2.49. The average Bonchev–Trinajstić information content (AvgIpc) is 3.60. The number of piperidine rings is 1. The predicted octanol–water partition coefficient (Wildman–Crippen LogP) is 5.66. The third-order valence-electron chi connectivity index (χ3n) is 7.88. The lowest BCUT2D eigenvalue weighted by molar-refractivity contribution is -0.135. The monoisotopic (exact) mass is 585 g/mol. The van der Waals surface area contributed by atoms with Crippen LogP contribution in [0, 0.1) is 11.3 Å². The van der Waals surface area contributed by atoms with Crippen molar-refractivity contribution in [3.63, 3.8) is 0 Å². The Morgan fingerprint density at radius 1 is 1.02 bits per heavy atom. The largest absolute Gasteiger partial charge is 0.344 e. The van der Waals surface area contributed by atoms with Gasteiger partial charge in [0.1, 0.15) is 12.1 Å². The van der Waals surface area contributed by atoms with Crippen LogP contribution in [0.4, 0.5) is 5.82 Å². The maximum absolute atomic E-state index is 13.8. The van der Waals surface area contributed by atoms with Crippen molar-refractivity contribution >= 4 is 45.0 Å². The van der Waals surface area contributed by atoms with E-state index in [1.165, 1.54) is 0 Å². The number of anilines is 1. The predicted molar refractivity (Wildman–Crippen MR) is 167 cm³/mol. The van der Waals surface area contributed by atoms with Gasteiger partial charge in [-0.1, -0.05) is 76.2 Å². The third kappa shape index (κ3) is 6.73. The van der Waals surface area contributed by atoms with Crippen LogP contribution in [0.2, 0.25) is 0 Å².